The number of ether oxygens (including phenoxy) is 1. The topological polar surface area (TPSA) is 12.5 Å². The summed E-state index contributed by atoms with van der Waals surface area (Å²) < 4.78 is 43.2. The molecule has 1 nitrogen and oxygen atoms in total. The summed E-state index contributed by atoms with van der Waals surface area (Å²) in [4.78, 5) is 0. The molecule has 0 saturated carbocycles. The van der Waals surface area contributed by atoms with Crippen LogP contribution in [-0.2, 0) is 16.5 Å². The largest absolute Gasteiger partial charge is 0.416 e. The minimum Gasteiger partial charge on any atom is -0.365 e. The predicted molar refractivity (Wildman–Crippen MR) is 70.2 cm³/mol. The molecular weight excluding hydrogens is 265 g/mol. The summed E-state index contributed by atoms with van der Waals surface area (Å²) in [5.74, 6) is 0. The molecule has 1 saturated heterocycles. The van der Waals surface area contributed by atoms with E-state index in [1.54, 1.807) is 0 Å². The first-order chi connectivity index (χ1) is 9.40. The lowest BCUT2D eigenvalue weighted by molar-refractivity contribution is -0.137. The van der Waals surface area contributed by atoms with Crippen LogP contribution in [0.2, 0.25) is 0 Å². The minimum atomic E-state index is -4.30. The molecule has 1 heterocycles. The number of halogens is 3. The van der Waals surface area contributed by atoms with Gasteiger partial charge in [0.15, 0.2) is 0 Å². The number of benzene rings is 2. The number of hydrogen-bond acceptors (Lipinski definition) is 1. The second kappa shape index (κ2) is 4.35. The van der Waals surface area contributed by atoms with E-state index in [-0.39, 0.29) is 5.60 Å². The van der Waals surface area contributed by atoms with Crippen molar-refractivity contribution in [3.8, 4) is 11.1 Å². The lowest BCUT2D eigenvalue weighted by atomic mass is 9.91. The third-order valence-corrected chi connectivity index (χ3v) is 3.60. The zero-order valence-corrected chi connectivity index (χ0v) is 10.9. The molecule has 1 atom stereocenters. The molecule has 2 aromatic rings. The van der Waals surface area contributed by atoms with Crippen LogP contribution in [-0.4, -0.2) is 6.61 Å². The van der Waals surface area contributed by atoms with Crippen LogP contribution in [0.3, 0.4) is 0 Å². The van der Waals surface area contributed by atoms with E-state index >= 15 is 0 Å². The molecule has 104 valence electrons. The Balaban J connectivity index is 2.02. The van der Waals surface area contributed by atoms with Crippen molar-refractivity contribution in [2.45, 2.75) is 18.7 Å². The van der Waals surface area contributed by atoms with Gasteiger partial charge in [-0.25, -0.2) is 0 Å². The highest BCUT2D eigenvalue weighted by Crippen LogP contribution is 2.43. The average Bonchev–Trinajstić information content (AvgIpc) is 3.17. The van der Waals surface area contributed by atoms with Crippen molar-refractivity contribution in [3.63, 3.8) is 0 Å². The van der Waals surface area contributed by atoms with Crippen LogP contribution >= 0.6 is 0 Å². The number of rotatable bonds is 2. The number of epoxide rings is 1. The second-order valence-corrected chi connectivity index (χ2v) is 5.14. The van der Waals surface area contributed by atoms with E-state index in [0.717, 1.165) is 28.8 Å². The molecule has 1 fully saturated rings. The van der Waals surface area contributed by atoms with Gasteiger partial charge >= 0.3 is 6.18 Å². The number of alkyl halides is 3. The van der Waals surface area contributed by atoms with Gasteiger partial charge in [-0.15, -0.1) is 0 Å². The molecular formula is C16H13F3O. The van der Waals surface area contributed by atoms with Gasteiger partial charge in [0.05, 0.1) is 12.2 Å². The summed E-state index contributed by atoms with van der Waals surface area (Å²) in [5.41, 5.74) is 1.76. The van der Waals surface area contributed by atoms with Crippen LogP contribution in [0.4, 0.5) is 13.2 Å². The van der Waals surface area contributed by atoms with E-state index in [2.05, 4.69) is 0 Å². The van der Waals surface area contributed by atoms with Crippen molar-refractivity contribution < 1.29 is 17.9 Å². The highest BCUT2D eigenvalue weighted by molar-refractivity contribution is 5.69. The third kappa shape index (κ3) is 2.31. The zero-order valence-electron chi connectivity index (χ0n) is 10.9. The molecule has 3 rings (SSSR count). The van der Waals surface area contributed by atoms with E-state index in [1.165, 1.54) is 12.1 Å². The van der Waals surface area contributed by atoms with Crippen LogP contribution < -0.4 is 0 Å². The monoisotopic (exact) mass is 278 g/mol. The molecule has 0 aliphatic carbocycles. The average molecular weight is 278 g/mol. The van der Waals surface area contributed by atoms with E-state index in [0.29, 0.717) is 6.61 Å². The van der Waals surface area contributed by atoms with Gasteiger partial charge in [0, 0.05) is 0 Å². The highest BCUT2D eigenvalue weighted by atomic mass is 19.4. The maximum atomic E-state index is 12.6. The van der Waals surface area contributed by atoms with Gasteiger partial charge in [0.25, 0.3) is 0 Å². The van der Waals surface area contributed by atoms with Crippen molar-refractivity contribution in [2.24, 2.45) is 0 Å². The SMILES string of the molecule is CC1(c2ccccc2-c2ccc(C(F)(F)F)cc2)CO1. The van der Waals surface area contributed by atoms with Crippen LogP contribution in [0, 0.1) is 0 Å². The number of hydrogen-bond donors (Lipinski definition) is 0. The van der Waals surface area contributed by atoms with Gasteiger partial charge in [-0.3, -0.25) is 0 Å². The lowest BCUT2D eigenvalue weighted by Gasteiger charge is -2.14. The highest BCUT2D eigenvalue weighted by Gasteiger charge is 2.42. The van der Waals surface area contributed by atoms with Crippen LogP contribution in [0.15, 0.2) is 48.5 Å². The third-order valence-electron chi connectivity index (χ3n) is 3.60. The Kier molecular flexibility index (Phi) is 2.87. The fourth-order valence-electron chi connectivity index (χ4n) is 2.30. The zero-order chi connectivity index (χ0) is 14.4. The van der Waals surface area contributed by atoms with Crippen molar-refractivity contribution in [1.82, 2.24) is 0 Å². The summed E-state index contributed by atoms with van der Waals surface area (Å²) in [6.07, 6.45) is -4.30. The standard InChI is InChI=1S/C16H13F3O/c1-15(10-20-15)14-5-3-2-4-13(14)11-6-8-12(9-7-11)16(17,18)19/h2-9H,10H2,1H3. The Morgan fingerprint density at radius 1 is 1.00 bits per heavy atom. The van der Waals surface area contributed by atoms with Crippen LogP contribution in [0.1, 0.15) is 18.1 Å². The molecule has 0 bridgehead atoms. The maximum absolute atomic E-state index is 12.6. The predicted octanol–water partition coefficient (Wildman–Crippen LogP) is 4.62. The molecule has 1 unspecified atom stereocenters. The van der Waals surface area contributed by atoms with Gasteiger partial charge in [-0.1, -0.05) is 36.4 Å². The van der Waals surface area contributed by atoms with E-state index in [4.69, 9.17) is 4.74 Å². The Morgan fingerprint density at radius 2 is 1.60 bits per heavy atom. The fourth-order valence-corrected chi connectivity index (χ4v) is 2.30. The van der Waals surface area contributed by atoms with Gasteiger partial charge < -0.3 is 4.74 Å². The molecule has 1 aliphatic heterocycles. The summed E-state index contributed by atoms with van der Waals surface area (Å²) in [6.45, 7) is 2.63. The first kappa shape index (κ1) is 13.2. The normalized spacial score (nSPS) is 21.8. The molecule has 2 aromatic carbocycles. The van der Waals surface area contributed by atoms with Crippen molar-refractivity contribution >= 4 is 0 Å². The summed E-state index contributed by atoms with van der Waals surface area (Å²) in [7, 11) is 0. The molecule has 0 radical (unpaired) electrons. The molecule has 0 N–H and O–H groups in total. The second-order valence-electron chi connectivity index (χ2n) is 5.14. The van der Waals surface area contributed by atoms with Gasteiger partial charge in [-0.05, 0) is 35.7 Å². The first-order valence-electron chi connectivity index (χ1n) is 6.31. The summed E-state index contributed by atoms with van der Waals surface area (Å²) in [5, 5.41) is 0. The fraction of sp³-hybridized carbons (Fsp3) is 0.250. The van der Waals surface area contributed by atoms with Gasteiger partial charge in [-0.2, -0.15) is 13.2 Å². The molecule has 0 aromatic heterocycles. The van der Waals surface area contributed by atoms with Gasteiger partial charge in [0.2, 0.25) is 0 Å². The molecule has 20 heavy (non-hydrogen) atoms. The molecule has 1 aliphatic rings. The smallest absolute Gasteiger partial charge is 0.365 e. The quantitative estimate of drug-likeness (QED) is 0.730. The molecule has 4 heteroatoms. The van der Waals surface area contributed by atoms with Gasteiger partial charge in [0.1, 0.15) is 5.60 Å². The lowest BCUT2D eigenvalue weighted by Crippen LogP contribution is -2.06. The van der Waals surface area contributed by atoms with Crippen LogP contribution in [0.5, 0.6) is 0 Å². The first-order valence-corrected chi connectivity index (χ1v) is 6.31. The van der Waals surface area contributed by atoms with Crippen molar-refractivity contribution in [3.05, 3.63) is 59.7 Å². The minimum absolute atomic E-state index is 0.306. The maximum Gasteiger partial charge on any atom is 0.416 e. The summed E-state index contributed by atoms with van der Waals surface area (Å²) >= 11 is 0. The van der Waals surface area contributed by atoms with E-state index in [9.17, 15) is 13.2 Å². The van der Waals surface area contributed by atoms with Crippen LogP contribution in [0.25, 0.3) is 11.1 Å². The van der Waals surface area contributed by atoms with E-state index in [1.807, 2.05) is 31.2 Å². The Hall–Kier alpha value is -1.81. The molecule has 0 spiro atoms. The van der Waals surface area contributed by atoms with Crippen molar-refractivity contribution in [1.29, 1.82) is 0 Å². The van der Waals surface area contributed by atoms with Crippen molar-refractivity contribution in [2.75, 3.05) is 6.61 Å². The Bertz CT molecular complexity index is 625. The Labute approximate surface area is 115 Å². The molecule has 0 amide bonds. The Morgan fingerprint density at radius 3 is 2.15 bits per heavy atom. The van der Waals surface area contributed by atoms with E-state index < -0.39 is 11.7 Å². The summed E-state index contributed by atoms with van der Waals surface area (Å²) in [6, 6.07) is 12.9.